The fraction of sp³-hybridized carbons (Fsp3) is 0.167. The number of para-hydroxylation sites is 1. The number of benzene rings is 2. The largest absolute Gasteiger partial charge is 0.347 e. The summed E-state index contributed by atoms with van der Waals surface area (Å²) in [6, 6.07) is 16.4. The van der Waals surface area contributed by atoms with Gasteiger partial charge in [-0.2, -0.15) is 0 Å². The molecule has 0 bridgehead atoms. The van der Waals surface area contributed by atoms with Crippen LogP contribution >= 0.6 is 15.9 Å². The maximum atomic E-state index is 11.8. The highest BCUT2D eigenvalue weighted by atomic mass is 79.9. The van der Waals surface area contributed by atoms with Gasteiger partial charge in [0.05, 0.1) is 25.2 Å². The molecule has 3 amide bonds. The van der Waals surface area contributed by atoms with Gasteiger partial charge < -0.3 is 16.0 Å². The lowest BCUT2D eigenvalue weighted by Gasteiger charge is -2.09. The van der Waals surface area contributed by atoms with Gasteiger partial charge in [0, 0.05) is 4.47 Å². The molecule has 0 saturated heterocycles. The number of amides is 3. The number of carbonyl (C=O) groups is 3. The molecule has 3 N–H and O–H groups in total. The van der Waals surface area contributed by atoms with Crippen LogP contribution in [0.4, 0.5) is 5.69 Å². The van der Waals surface area contributed by atoms with E-state index in [2.05, 4.69) is 31.9 Å². The fourth-order valence-corrected chi connectivity index (χ4v) is 2.40. The number of hydrogen-bond acceptors (Lipinski definition) is 3. The molecule has 25 heavy (non-hydrogen) atoms. The van der Waals surface area contributed by atoms with E-state index < -0.39 is 5.91 Å². The summed E-state index contributed by atoms with van der Waals surface area (Å²) in [6.45, 7) is -0.345. The maximum Gasteiger partial charge on any atom is 0.243 e. The molecule has 0 fully saturated rings. The minimum Gasteiger partial charge on any atom is -0.347 e. The van der Waals surface area contributed by atoms with E-state index in [4.69, 9.17) is 0 Å². The standard InChI is InChI=1S/C18H18BrN3O3/c19-14-8-4-5-9-15(14)22-18(25)12-21-17(24)11-20-16(23)10-13-6-2-1-3-7-13/h1-9H,10-12H2,(H,20,23)(H,21,24)(H,22,25). The SMILES string of the molecule is O=C(CNC(=O)Cc1ccccc1)NCC(=O)Nc1ccccc1Br. The Morgan fingerprint density at radius 2 is 1.36 bits per heavy atom. The van der Waals surface area contributed by atoms with Crippen LogP contribution in [0.15, 0.2) is 59.1 Å². The minimum absolute atomic E-state index is 0.172. The molecule has 0 aliphatic rings. The molecule has 0 radical (unpaired) electrons. The second-order valence-corrected chi connectivity index (χ2v) is 6.10. The number of halogens is 1. The van der Waals surface area contributed by atoms with Gasteiger partial charge in [-0.1, -0.05) is 42.5 Å². The Hall–Kier alpha value is -2.67. The highest BCUT2D eigenvalue weighted by Gasteiger charge is 2.09. The van der Waals surface area contributed by atoms with Crippen LogP contribution in [0.25, 0.3) is 0 Å². The molecule has 0 saturated carbocycles. The van der Waals surface area contributed by atoms with Crippen molar-refractivity contribution in [3.05, 3.63) is 64.6 Å². The fourth-order valence-electron chi connectivity index (χ4n) is 2.02. The summed E-state index contributed by atoms with van der Waals surface area (Å²) >= 11 is 3.32. The third-order valence-corrected chi connectivity index (χ3v) is 3.94. The van der Waals surface area contributed by atoms with Gasteiger partial charge in [-0.3, -0.25) is 14.4 Å². The second kappa shape index (κ2) is 9.58. The highest BCUT2D eigenvalue weighted by Crippen LogP contribution is 2.20. The maximum absolute atomic E-state index is 11.8. The Balaban J connectivity index is 1.67. The van der Waals surface area contributed by atoms with Gasteiger partial charge in [0.1, 0.15) is 0 Å². The molecule has 2 rings (SSSR count). The molecule has 2 aromatic carbocycles. The molecule has 0 atom stereocenters. The van der Waals surface area contributed by atoms with Crippen LogP contribution in [-0.2, 0) is 20.8 Å². The normalized spacial score (nSPS) is 9.96. The van der Waals surface area contributed by atoms with Crippen molar-refractivity contribution in [1.82, 2.24) is 10.6 Å². The molecule has 0 aromatic heterocycles. The Morgan fingerprint density at radius 3 is 2.08 bits per heavy atom. The van der Waals surface area contributed by atoms with Gasteiger partial charge in [-0.15, -0.1) is 0 Å². The number of carbonyl (C=O) groups excluding carboxylic acids is 3. The second-order valence-electron chi connectivity index (χ2n) is 5.24. The first-order valence-corrected chi connectivity index (χ1v) is 8.45. The van der Waals surface area contributed by atoms with E-state index >= 15 is 0 Å². The first-order chi connectivity index (χ1) is 12.0. The first-order valence-electron chi connectivity index (χ1n) is 7.66. The minimum atomic E-state index is -0.427. The number of rotatable bonds is 7. The Bertz CT molecular complexity index is 750. The molecule has 7 heteroatoms. The lowest BCUT2D eigenvalue weighted by Crippen LogP contribution is -2.40. The van der Waals surface area contributed by atoms with Crippen LogP contribution in [0, 0.1) is 0 Å². The number of nitrogens with one attached hydrogen (secondary N) is 3. The van der Waals surface area contributed by atoms with E-state index in [1.807, 2.05) is 36.4 Å². The zero-order chi connectivity index (χ0) is 18.1. The molecule has 0 spiro atoms. The topological polar surface area (TPSA) is 87.3 Å². The molecule has 0 aliphatic carbocycles. The van der Waals surface area contributed by atoms with E-state index in [1.54, 1.807) is 18.2 Å². The van der Waals surface area contributed by atoms with E-state index in [0.717, 1.165) is 10.0 Å². The average Bonchev–Trinajstić information content (AvgIpc) is 2.61. The molecular weight excluding hydrogens is 386 g/mol. The summed E-state index contributed by atoms with van der Waals surface area (Å²) in [6.07, 6.45) is 0.205. The highest BCUT2D eigenvalue weighted by molar-refractivity contribution is 9.10. The summed E-state index contributed by atoms with van der Waals surface area (Å²) in [4.78, 5) is 35.3. The third-order valence-electron chi connectivity index (χ3n) is 3.25. The molecule has 130 valence electrons. The quantitative estimate of drug-likeness (QED) is 0.659. The lowest BCUT2D eigenvalue weighted by molar-refractivity contribution is -0.126. The van der Waals surface area contributed by atoms with Crippen molar-refractivity contribution in [3.63, 3.8) is 0 Å². The van der Waals surface area contributed by atoms with Gasteiger partial charge in [0.2, 0.25) is 17.7 Å². The van der Waals surface area contributed by atoms with Crippen LogP contribution in [0.2, 0.25) is 0 Å². The van der Waals surface area contributed by atoms with E-state index in [9.17, 15) is 14.4 Å². The number of anilines is 1. The van der Waals surface area contributed by atoms with Crippen molar-refractivity contribution in [2.45, 2.75) is 6.42 Å². The van der Waals surface area contributed by atoms with Crippen molar-refractivity contribution >= 4 is 39.3 Å². The van der Waals surface area contributed by atoms with Crippen molar-refractivity contribution in [2.75, 3.05) is 18.4 Å². The van der Waals surface area contributed by atoms with Gasteiger partial charge in [0.15, 0.2) is 0 Å². The predicted octanol–water partition coefficient (Wildman–Crippen LogP) is 1.86. The van der Waals surface area contributed by atoms with Gasteiger partial charge >= 0.3 is 0 Å². The number of hydrogen-bond donors (Lipinski definition) is 3. The molecular formula is C18H18BrN3O3. The Kier molecular flexibility index (Phi) is 7.16. The van der Waals surface area contributed by atoms with Crippen LogP contribution in [0.1, 0.15) is 5.56 Å². The summed E-state index contributed by atoms with van der Waals surface area (Å²) in [5.41, 5.74) is 1.49. The van der Waals surface area contributed by atoms with Gasteiger partial charge in [0.25, 0.3) is 0 Å². The summed E-state index contributed by atoms with van der Waals surface area (Å²) in [7, 11) is 0. The third kappa shape index (κ3) is 6.76. The molecule has 0 heterocycles. The summed E-state index contributed by atoms with van der Waals surface area (Å²) in [5, 5.41) is 7.66. The zero-order valence-corrected chi connectivity index (χ0v) is 15.0. The van der Waals surface area contributed by atoms with Crippen LogP contribution in [-0.4, -0.2) is 30.8 Å². The first kappa shape index (κ1) is 18.7. The monoisotopic (exact) mass is 403 g/mol. The summed E-state index contributed by atoms with van der Waals surface area (Å²) < 4.78 is 0.753. The predicted molar refractivity (Wildman–Crippen MR) is 98.9 cm³/mol. The van der Waals surface area contributed by atoms with Gasteiger partial charge in [-0.25, -0.2) is 0 Å². The van der Waals surface area contributed by atoms with E-state index in [0.29, 0.717) is 5.69 Å². The van der Waals surface area contributed by atoms with Crippen molar-refractivity contribution in [1.29, 1.82) is 0 Å². The van der Waals surface area contributed by atoms with Crippen molar-refractivity contribution in [3.8, 4) is 0 Å². The van der Waals surface area contributed by atoms with Crippen molar-refractivity contribution < 1.29 is 14.4 Å². The lowest BCUT2D eigenvalue weighted by atomic mass is 10.1. The van der Waals surface area contributed by atoms with E-state index in [1.165, 1.54) is 0 Å². The van der Waals surface area contributed by atoms with Crippen molar-refractivity contribution in [2.24, 2.45) is 0 Å². The van der Waals surface area contributed by atoms with Crippen LogP contribution in [0.5, 0.6) is 0 Å². The smallest absolute Gasteiger partial charge is 0.243 e. The Labute approximate surface area is 154 Å². The van der Waals surface area contributed by atoms with E-state index in [-0.39, 0.29) is 31.3 Å². The molecule has 2 aromatic rings. The average molecular weight is 404 g/mol. The van der Waals surface area contributed by atoms with Crippen LogP contribution in [0.3, 0.4) is 0 Å². The van der Waals surface area contributed by atoms with Gasteiger partial charge in [-0.05, 0) is 33.6 Å². The Morgan fingerprint density at radius 1 is 0.760 bits per heavy atom. The molecule has 0 unspecified atom stereocenters. The summed E-state index contributed by atoms with van der Waals surface area (Å²) in [5.74, 6) is -1.03. The molecule has 6 nitrogen and oxygen atoms in total. The molecule has 0 aliphatic heterocycles. The zero-order valence-electron chi connectivity index (χ0n) is 13.4. The van der Waals surface area contributed by atoms with Crippen LogP contribution < -0.4 is 16.0 Å².